The smallest absolute Gasteiger partial charge is 0.241 e. The van der Waals surface area contributed by atoms with E-state index in [1.165, 1.54) is 12.3 Å². The molecule has 0 amide bonds. The molecule has 0 fully saturated rings. The van der Waals surface area contributed by atoms with Gasteiger partial charge in [-0.15, -0.1) is 11.3 Å². The highest BCUT2D eigenvalue weighted by Gasteiger charge is 2.20. The third-order valence-corrected chi connectivity index (χ3v) is 4.88. The van der Waals surface area contributed by atoms with Gasteiger partial charge in [0.1, 0.15) is 15.7 Å². The Balaban J connectivity index is 0.000000585. The predicted octanol–water partition coefficient (Wildman–Crippen LogP) is -0.242. The number of halogens is 1. The Morgan fingerprint density at radius 1 is 1.30 bits per heavy atom. The molecular formula is C10H16ClN3O6S3. The summed E-state index contributed by atoms with van der Waals surface area (Å²) < 4.78 is 46.2. The van der Waals surface area contributed by atoms with Crippen molar-refractivity contribution < 1.29 is 26.4 Å². The number of sulfonamides is 2. The number of Topliss-reactive ketones (excluding diaryl/α,β-unsaturated/α-hetero) is 1. The Bertz CT molecular complexity index is 773. The van der Waals surface area contributed by atoms with Gasteiger partial charge in [0, 0.05) is 6.54 Å². The molecule has 0 bridgehead atoms. The minimum atomic E-state index is -3.94. The number of carbonyl (C=O) groups is 2. The minimum Gasteiger partial charge on any atom is -0.389 e. The Labute approximate surface area is 143 Å². The first kappa shape index (κ1) is 21.9. The summed E-state index contributed by atoms with van der Waals surface area (Å²) in [5.41, 5.74) is 5.69. The van der Waals surface area contributed by atoms with Crippen molar-refractivity contribution in [3.63, 3.8) is 0 Å². The van der Waals surface area contributed by atoms with Crippen molar-refractivity contribution in [1.29, 1.82) is 0 Å². The molecule has 132 valence electrons. The van der Waals surface area contributed by atoms with Gasteiger partial charge < -0.3 is 5.73 Å². The van der Waals surface area contributed by atoms with E-state index in [-0.39, 0.29) is 34.2 Å². The topological polar surface area (TPSA) is 166 Å². The summed E-state index contributed by atoms with van der Waals surface area (Å²) in [6.07, 6.45) is 0.820. The maximum absolute atomic E-state index is 11.2. The number of hydrogen-bond acceptors (Lipinski definition) is 8. The molecule has 1 aromatic rings. The first-order chi connectivity index (χ1) is 10.2. The lowest BCUT2D eigenvalue weighted by Gasteiger charge is -2.03. The molecule has 0 atom stereocenters. The normalized spacial score (nSPS) is 11.5. The molecule has 0 aliphatic rings. The van der Waals surface area contributed by atoms with Crippen molar-refractivity contribution in [2.75, 3.05) is 12.0 Å². The summed E-state index contributed by atoms with van der Waals surface area (Å²) in [5, 5.41) is 5.87. The van der Waals surface area contributed by atoms with Crippen molar-refractivity contribution in [1.82, 2.24) is 4.72 Å². The molecule has 0 aliphatic heterocycles. The maximum atomic E-state index is 11.2. The van der Waals surface area contributed by atoms with Crippen LogP contribution in [0.1, 0.15) is 18.9 Å². The fourth-order valence-corrected chi connectivity index (χ4v) is 3.91. The number of hydrogen-bond donors (Lipinski definition) is 3. The van der Waals surface area contributed by atoms with E-state index in [0.29, 0.717) is 0 Å². The van der Waals surface area contributed by atoms with Crippen molar-refractivity contribution in [2.45, 2.75) is 24.8 Å². The van der Waals surface area contributed by atoms with Crippen LogP contribution in [0, 0.1) is 0 Å². The van der Waals surface area contributed by atoms with Gasteiger partial charge in [0.15, 0.2) is 0 Å². The maximum Gasteiger partial charge on any atom is 0.241 e. The van der Waals surface area contributed by atoms with Crippen LogP contribution in [0.15, 0.2) is 10.3 Å². The number of carbonyl (C=O) groups excluding carboxylic acids is 2. The van der Waals surface area contributed by atoms with Gasteiger partial charge in [-0.2, -0.15) is 0 Å². The number of thiophene rings is 1. The van der Waals surface area contributed by atoms with Gasteiger partial charge in [0.25, 0.3) is 0 Å². The molecule has 0 aliphatic carbocycles. The average molecular weight is 406 g/mol. The van der Waals surface area contributed by atoms with Crippen LogP contribution < -0.4 is 15.6 Å². The summed E-state index contributed by atoms with van der Waals surface area (Å²) in [6, 6.07) is 0. The highest BCUT2D eigenvalue weighted by molar-refractivity contribution is 7.89. The monoisotopic (exact) mass is 405 g/mol. The van der Waals surface area contributed by atoms with Crippen LogP contribution in [0.25, 0.3) is 0 Å². The zero-order chi connectivity index (χ0) is 18.4. The molecule has 0 saturated carbocycles. The quantitative estimate of drug-likeness (QED) is 0.433. The van der Waals surface area contributed by atoms with Gasteiger partial charge in [0.2, 0.25) is 25.3 Å². The highest BCUT2D eigenvalue weighted by atomic mass is 35.5. The van der Waals surface area contributed by atoms with E-state index in [2.05, 4.69) is 4.72 Å². The van der Waals surface area contributed by atoms with Crippen molar-refractivity contribution in [3.8, 4) is 0 Å². The van der Waals surface area contributed by atoms with Gasteiger partial charge in [-0.05, 0) is 29.5 Å². The molecule has 0 spiro atoms. The first-order valence-electron chi connectivity index (χ1n) is 5.75. The second kappa shape index (κ2) is 8.70. The lowest BCUT2D eigenvalue weighted by atomic mass is 10.3. The molecule has 9 nitrogen and oxygen atoms in total. The second-order valence-corrected chi connectivity index (χ2v) is 8.99. The van der Waals surface area contributed by atoms with Gasteiger partial charge in [-0.1, -0.05) is 0 Å². The molecule has 1 heterocycles. The van der Waals surface area contributed by atoms with Crippen molar-refractivity contribution >= 4 is 59.0 Å². The zero-order valence-electron chi connectivity index (χ0n) is 12.2. The molecule has 1 aromatic heterocycles. The molecule has 0 radical (unpaired) electrons. The summed E-state index contributed by atoms with van der Waals surface area (Å²) in [4.78, 5) is 19.5. The Hall–Kier alpha value is -1.05. The van der Waals surface area contributed by atoms with E-state index >= 15 is 0 Å². The zero-order valence-corrected chi connectivity index (χ0v) is 15.4. The van der Waals surface area contributed by atoms with E-state index in [9.17, 15) is 26.4 Å². The summed E-state index contributed by atoms with van der Waals surface area (Å²) in [7, 11) is -7.34. The van der Waals surface area contributed by atoms with Crippen molar-refractivity contribution in [3.05, 3.63) is 10.9 Å². The van der Waals surface area contributed by atoms with Crippen LogP contribution in [0.3, 0.4) is 0 Å². The molecule has 0 saturated heterocycles. The van der Waals surface area contributed by atoms with E-state index < -0.39 is 25.3 Å². The molecular weight excluding hydrogens is 390 g/mol. The van der Waals surface area contributed by atoms with Gasteiger partial charge in [-0.25, -0.2) is 26.7 Å². The summed E-state index contributed by atoms with van der Waals surface area (Å²) in [6.45, 7) is 1.17. The van der Waals surface area contributed by atoms with E-state index in [0.717, 1.165) is 17.6 Å². The lowest BCUT2D eigenvalue weighted by molar-refractivity contribution is -0.122. The highest BCUT2D eigenvalue weighted by Crippen LogP contribution is 2.28. The van der Waals surface area contributed by atoms with Crippen molar-refractivity contribution in [2.24, 2.45) is 5.14 Å². The fraction of sp³-hybridized carbons (Fsp3) is 0.400. The minimum absolute atomic E-state index is 0.0489. The number of nitrogen functional groups attached to an aromatic ring is 1. The van der Waals surface area contributed by atoms with Crippen LogP contribution in [-0.4, -0.2) is 34.1 Å². The number of anilines is 1. The lowest BCUT2D eigenvalue weighted by Crippen LogP contribution is -2.23. The molecule has 0 aromatic carbocycles. The SMILES string of the molecule is CC(=O)CC(=O)Cl.CS(=O)(=O)NCc1csc(N)c1S(N)(=O)=O. The first-order valence-corrected chi connectivity index (χ1v) is 10.4. The third kappa shape index (κ3) is 9.63. The summed E-state index contributed by atoms with van der Waals surface area (Å²) >= 11 is 5.81. The van der Waals surface area contributed by atoms with E-state index in [4.69, 9.17) is 22.5 Å². The molecule has 1 rings (SSSR count). The summed E-state index contributed by atoms with van der Waals surface area (Å²) in [5.74, 6) is -0.194. The molecule has 5 N–H and O–H groups in total. The standard InChI is InChI=1S/C6H11N3O4S3.C4H5ClO2/c1-15(10,11)9-2-4-3-14-6(7)5(4)16(8,12)13;1-3(6)2-4(5)7/h3,9H,2,7H2,1H3,(H2,8,12,13);2H2,1H3. The number of nitrogens with two attached hydrogens (primary N) is 2. The largest absolute Gasteiger partial charge is 0.389 e. The third-order valence-electron chi connectivity index (χ3n) is 2.04. The predicted molar refractivity (Wildman–Crippen MR) is 87.9 cm³/mol. The van der Waals surface area contributed by atoms with Crippen LogP contribution in [0.4, 0.5) is 5.00 Å². The molecule has 0 unspecified atom stereocenters. The molecule has 23 heavy (non-hydrogen) atoms. The number of nitrogens with one attached hydrogen (secondary N) is 1. The Morgan fingerprint density at radius 3 is 2.13 bits per heavy atom. The number of rotatable bonds is 6. The molecule has 13 heteroatoms. The Morgan fingerprint density at radius 2 is 1.83 bits per heavy atom. The van der Waals surface area contributed by atoms with Gasteiger partial charge in [-0.3, -0.25) is 9.59 Å². The number of ketones is 1. The average Bonchev–Trinajstić information content (AvgIpc) is 2.65. The van der Waals surface area contributed by atoms with Crippen LogP contribution in [0.5, 0.6) is 0 Å². The van der Waals surface area contributed by atoms with Crippen LogP contribution in [0.2, 0.25) is 0 Å². The van der Waals surface area contributed by atoms with E-state index in [1.54, 1.807) is 0 Å². The second-order valence-electron chi connectivity index (χ2n) is 4.33. The Kier molecular flexibility index (Phi) is 8.31. The van der Waals surface area contributed by atoms with Crippen LogP contribution >= 0.6 is 22.9 Å². The van der Waals surface area contributed by atoms with Crippen LogP contribution in [-0.2, 0) is 36.2 Å². The van der Waals surface area contributed by atoms with Gasteiger partial charge >= 0.3 is 0 Å². The van der Waals surface area contributed by atoms with Gasteiger partial charge in [0.05, 0.1) is 12.7 Å². The number of primary sulfonamides is 1. The fourth-order valence-electron chi connectivity index (χ4n) is 1.25. The van der Waals surface area contributed by atoms with E-state index in [1.807, 2.05) is 0 Å².